The summed E-state index contributed by atoms with van der Waals surface area (Å²) in [7, 11) is 0. The number of anilines is 1. The van der Waals surface area contributed by atoms with Crippen LogP contribution in [0.3, 0.4) is 0 Å². The lowest BCUT2D eigenvalue weighted by atomic mass is 10.0. The Balaban J connectivity index is 2.50. The minimum atomic E-state index is 0.553. The molecule has 0 amide bonds. The van der Waals surface area contributed by atoms with Gasteiger partial charge in [0.25, 0.3) is 0 Å². The Morgan fingerprint density at radius 3 is 2.50 bits per heavy atom. The van der Waals surface area contributed by atoms with Gasteiger partial charge in [-0.1, -0.05) is 53.9 Å². The second-order valence-electron chi connectivity index (χ2n) is 4.89. The number of aromatic nitrogens is 1. The first kappa shape index (κ1) is 15.1. The Bertz CT molecular complexity index is 624. The van der Waals surface area contributed by atoms with E-state index in [9.17, 15) is 0 Å². The number of aryl methyl sites for hydroxylation is 2. The highest BCUT2D eigenvalue weighted by molar-refractivity contribution is 6.37. The van der Waals surface area contributed by atoms with Crippen LogP contribution in [0.25, 0.3) is 11.3 Å². The lowest BCUT2D eigenvalue weighted by Gasteiger charge is -2.12. The quantitative estimate of drug-likeness (QED) is 0.807. The van der Waals surface area contributed by atoms with Crippen LogP contribution in [-0.4, -0.2) is 11.5 Å². The van der Waals surface area contributed by atoms with Crippen LogP contribution in [-0.2, 0) is 0 Å². The summed E-state index contributed by atoms with van der Waals surface area (Å²) < 4.78 is 0. The van der Waals surface area contributed by atoms with Gasteiger partial charge in [0, 0.05) is 12.1 Å². The van der Waals surface area contributed by atoms with Crippen LogP contribution >= 0.6 is 23.2 Å². The van der Waals surface area contributed by atoms with Gasteiger partial charge in [0.15, 0.2) is 0 Å². The van der Waals surface area contributed by atoms with Crippen molar-refractivity contribution < 1.29 is 0 Å². The highest BCUT2D eigenvalue weighted by atomic mass is 35.5. The van der Waals surface area contributed by atoms with Crippen LogP contribution in [0.15, 0.2) is 24.3 Å². The predicted octanol–water partition coefficient (Wildman–Crippen LogP) is 5.49. The fourth-order valence-corrected chi connectivity index (χ4v) is 2.63. The molecule has 2 rings (SSSR count). The van der Waals surface area contributed by atoms with E-state index in [-0.39, 0.29) is 0 Å². The van der Waals surface area contributed by atoms with Crippen molar-refractivity contribution in [3.8, 4) is 11.3 Å². The minimum absolute atomic E-state index is 0.553. The fourth-order valence-electron chi connectivity index (χ4n) is 2.10. The van der Waals surface area contributed by atoms with Gasteiger partial charge in [-0.2, -0.15) is 0 Å². The Morgan fingerprint density at radius 1 is 1.10 bits per heavy atom. The molecule has 0 fully saturated rings. The zero-order valence-corrected chi connectivity index (χ0v) is 13.4. The van der Waals surface area contributed by atoms with Gasteiger partial charge in [0.1, 0.15) is 5.82 Å². The average Bonchev–Trinajstić information content (AvgIpc) is 2.39. The number of pyridine rings is 1. The number of hydrogen-bond acceptors (Lipinski definition) is 2. The Morgan fingerprint density at radius 2 is 1.85 bits per heavy atom. The molecular weight excluding hydrogens is 291 g/mol. The molecule has 1 aromatic carbocycles. The van der Waals surface area contributed by atoms with E-state index >= 15 is 0 Å². The van der Waals surface area contributed by atoms with E-state index in [2.05, 4.69) is 49.3 Å². The summed E-state index contributed by atoms with van der Waals surface area (Å²) in [6, 6.07) is 7.99. The minimum Gasteiger partial charge on any atom is -0.369 e. The van der Waals surface area contributed by atoms with Gasteiger partial charge < -0.3 is 5.32 Å². The topological polar surface area (TPSA) is 24.9 Å². The number of nitrogens with zero attached hydrogens (tertiary/aromatic N) is 1. The summed E-state index contributed by atoms with van der Waals surface area (Å²) in [6.45, 7) is 7.07. The molecule has 0 aliphatic heterocycles. The molecule has 0 bridgehead atoms. The predicted molar refractivity (Wildman–Crippen MR) is 87.9 cm³/mol. The molecule has 4 heteroatoms. The summed E-state index contributed by atoms with van der Waals surface area (Å²) in [5.41, 5.74) is 4.19. The molecule has 0 radical (unpaired) electrons. The van der Waals surface area contributed by atoms with Crippen molar-refractivity contribution in [3.63, 3.8) is 0 Å². The molecule has 1 aromatic heterocycles. The molecular formula is C16H18Cl2N2. The summed E-state index contributed by atoms with van der Waals surface area (Å²) in [5.74, 6) is 0.688. The molecule has 0 aliphatic carbocycles. The molecule has 1 N–H and O–H groups in total. The molecule has 20 heavy (non-hydrogen) atoms. The molecule has 0 saturated heterocycles. The Labute approximate surface area is 130 Å². The van der Waals surface area contributed by atoms with Crippen molar-refractivity contribution in [2.24, 2.45) is 0 Å². The molecule has 0 unspecified atom stereocenters. The SMILES string of the molecule is CCCNc1nc(-c2ccc(C)cc2C)c(Cl)cc1Cl. The zero-order valence-electron chi connectivity index (χ0n) is 11.9. The lowest BCUT2D eigenvalue weighted by molar-refractivity contribution is 0.970. The number of benzene rings is 1. The maximum Gasteiger partial charge on any atom is 0.145 e. The molecule has 2 nitrogen and oxygen atoms in total. The molecule has 106 valence electrons. The number of nitrogens with one attached hydrogen (secondary N) is 1. The van der Waals surface area contributed by atoms with E-state index in [4.69, 9.17) is 23.2 Å². The first-order valence-electron chi connectivity index (χ1n) is 6.70. The standard InChI is InChI=1S/C16H18Cl2N2/c1-4-7-19-16-14(18)9-13(17)15(20-16)12-6-5-10(2)8-11(12)3/h5-6,8-9H,4,7H2,1-3H3,(H,19,20). The van der Waals surface area contributed by atoms with Crippen molar-refractivity contribution in [2.45, 2.75) is 27.2 Å². The smallest absolute Gasteiger partial charge is 0.145 e. The lowest BCUT2D eigenvalue weighted by Crippen LogP contribution is -2.04. The molecule has 0 spiro atoms. The van der Waals surface area contributed by atoms with Gasteiger partial charge in [-0.05, 0) is 31.9 Å². The normalized spacial score (nSPS) is 10.7. The Hall–Kier alpha value is -1.25. The van der Waals surface area contributed by atoms with Crippen LogP contribution in [0.2, 0.25) is 10.0 Å². The van der Waals surface area contributed by atoms with E-state index in [0.29, 0.717) is 15.9 Å². The number of rotatable bonds is 4. The summed E-state index contributed by atoms with van der Waals surface area (Å²) in [6.07, 6.45) is 1.01. The summed E-state index contributed by atoms with van der Waals surface area (Å²) in [4.78, 5) is 4.60. The van der Waals surface area contributed by atoms with E-state index < -0.39 is 0 Å². The van der Waals surface area contributed by atoms with Crippen molar-refractivity contribution in [3.05, 3.63) is 45.4 Å². The van der Waals surface area contributed by atoms with Gasteiger partial charge in [-0.15, -0.1) is 0 Å². The first-order valence-corrected chi connectivity index (χ1v) is 7.46. The average molecular weight is 309 g/mol. The largest absolute Gasteiger partial charge is 0.369 e. The van der Waals surface area contributed by atoms with Gasteiger partial charge in [0.2, 0.25) is 0 Å². The zero-order chi connectivity index (χ0) is 14.7. The van der Waals surface area contributed by atoms with Crippen LogP contribution < -0.4 is 5.32 Å². The van der Waals surface area contributed by atoms with Gasteiger partial charge in [-0.3, -0.25) is 0 Å². The summed E-state index contributed by atoms with van der Waals surface area (Å²) >= 11 is 12.5. The highest BCUT2D eigenvalue weighted by Gasteiger charge is 2.12. The van der Waals surface area contributed by atoms with Gasteiger partial charge in [-0.25, -0.2) is 4.98 Å². The molecule has 0 saturated carbocycles. The fraction of sp³-hybridized carbons (Fsp3) is 0.312. The third-order valence-electron chi connectivity index (χ3n) is 3.11. The summed E-state index contributed by atoms with van der Waals surface area (Å²) in [5, 5.41) is 4.36. The van der Waals surface area contributed by atoms with Crippen molar-refractivity contribution in [1.29, 1.82) is 0 Å². The maximum absolute atomic E-state index is 6.31. The molecule has 0 atom stereocenters. The van der Waals surface area contributed by atoms with E-state index in [1.54, 1.807) is 6.07 Å². The van der Waals surface area contributed by atoms with Gasteiger partial charge >= 0.3 is 0 Å². The second kappa shape index (κ2) is 6.47. The second-order valence-corrected chi connectivity index (χ2v) is 5.71. The number of hydrogen-bond donors (Lipinski definition) is 1. The van der Waals surface area contributed by atoms with E-state index in [0.717, 1.165) is 29.8 Å². The van der Waals surface area contributed by atoms with E-state index in [1.165, 1.54) is 5.56 Å². The van der Waals surface area contributed by atoms with Crippen LogP contribution in [0.4, 0.5) is 5.82 Å². The first-order chi connectivity index (χ1) is 9.52. The molecule has 2 aromatic rings. The third-order valence-corrected chi connectivity index (χ3v) is 3.69. The van der Waals surface area contributed by atoms with Crippen molar-refractivity contribution >= 4 is 29.0 Å². The van der Waals surface area contributed by atoms with Crippen molar-refractivity contribution in [1.82, 2.24) is 4.98 Å². The monoisotopic (exact) mass is 308 g/mol. The molecule has 1 heterocycles. The van der Waals surface area contributed by atoms with E-state index in [1.807, 2.05) is 0 Å². The van der Waals surface area contributed by atoms with Crippen molar-refractivity contribution in [2.75, 3.05) is 11.9 Å². The maximum atomic E-state index is 6.31. The highest BCUT2D eigenvalue weighted by Crippen LogP contribution is 2.34. The van der Waals surface area contributed by atoms with Crippen LogP contribution in [0.5, 0.6) is 0 Å². The van der Waals surface area contributed by atoms with Crippen LogP contribution in [0, 0.1) is 13.8 Å². The third kappa shape index (κ3) is 3.25. The van der Waals surface area contributed by atoms with Crippen LogP contribution in [0.1, 0.15) is 24.5 Å². The molecule has 0 aliphatic rings. The van der Waals surface area contributed by atoms with Gasteiger partial charge in [0.05, 0.1) is 15.7 Å². The number of halogens is 2. The Kier molecular flexibility index (Phi) is 4.90.